The molecule has 0 saturated heterocycles. The standard InChI is InChI=1S/C16H18N4OS2/c1-11-6-4-5-7-14(11)20-13(3)17-18-15(20)22-9-8-19-12(2)10-23-16(19)21/h4-7,10H,8-9H2,1-3H3. The molecular weight excluding hydrogens is 328 g/mol. The Morgan fingerprint density at radius 3 is 2.65 bits per heavy atom. The third kappa shape index (κ3) is 3.25. The molecule has 0 radical (unpaired) electrons. The van der Waals surface area contributed by atoms with E-state index in [1.807, 2.05) is 31.4 Å². The minimum absolute atomic E-state index is 0.0969. The second kappa shape index (κ2) is 6.72. The monoisotopic (exact) mass is 346 g/mol. The molecule has 2 aromatic heterocycles. The summed E-state index contributed by atoms with van der Waals surface area (Å²) in [7, 11) is 0. The topological polar surface area (TPSA) is 52.7 Å². The van der Waals surface area contributed by atoms with Crippen molar-refractivity contribution in [1.29, 1.82) is 0 Å². The highest BCUT2D eigenvalue weighted by atomic mass is 32.2. The Balaban J connectivity index is 1.80. The fourth-order valence-electron chi connectivity index (χ4n) is 2.43. The van der Waals surface area contributed by atoms with E-state index < -0.39 is 0 Å². The first-order valence-corrected chi connectivity index (χ1v) is 9.20. The average Bonchev–Trinajstić information content (AvgIpc) is 3.05. The van der Waals surface area contributed by atoms with Crippen LogP contribution in [0.4, 0.5) is 0 Å². The molecule has 0 N–H and O–H groups in total. The minimum atomic E-state index is 0.0969. The van der Waals surface area contributed by atoms with E-state index in [-0.39, 0.29) is 4.87 Å². The van der Waals surface area contributed by atoms with Gasteiger partial charge in [0.2, 0.25) is 0 Å². The maximum atomic E-state index is 11.8. The van der Waals surface area contributed by atoms with Crippen molar-refractivity contribution in [3.63, 3.8) is 0 Å². The molecule has 0 unspecified atom stereocenters. The Morgan fingerprint density at radius 1 is 1.17 bits per heavy atom. The Hall–Kier alpha value is -1.86. The lowest BCUT2D eigenvalue weighted by Gasteiger charge is -2.11. The number of aromatic nitrogens is 4. The molecule has 0 atom stereocenters. The summed E-state index contributed by atoms with van der Waals surface area (Å²) in [6.45, 7) is 6.68. The Labute approximate surface area is 143 Å². The van der Waals surface area contributed by atoms with Crippen LogP contribution < -0.4 is 4.87 Å². The molecule has 7 heteroatoms. The van der Waals surface area contributed by atoms with E-state index in [4.69, 9.17) is 0 Å². The zero-order valence-corrected chi connectivity index (χ0v) is 14.9. The highest BCUT2D eigenvalue weighted by Gasteiger charge is 2.13. The minimum Gasteiger partial charge on any atom is -0.303 e. The predicted molar refractivity (Wildman–Crippen MR) is 94.9 cm³/mol. The lowest BCUT2D eigenvalue weighted by molar-refractivity contribution is 0.728. The number of thiazole rings is 1. The normalized spacial score (nSPS) is 11.1. The van der Waals surface area contributed by atoms with Crippen molar-refractivity contribution in [3.8, 4) is 5.69 Å². The zero-order chi connectivity index (χ0) is 16.4. The van der Waals surface area contributed by atoms with Gasteiger partial charge in [0.25, 0.3) is 0 Å². The summed E-state index contributed by atoms with van der Waals surface area (Å²) in [5.41, 5.74) is 3.29. The van der Waals surface area contributed by atoms with Crippen LogP contribution in [0.1, 0.15) is 17.1 Å². The lowest BCUT2D eigenvalue weighted by atomic mass is 10.2. The summed E-state index contributed by atoms with van der Waals surface area (Å²) in [6, 6.07) is 8.20. The fraction of sp³-hybridized carbons (Fsp3) is 0.312. The van der Waals surface area contributed by atoms with Crippen LogP contribution >= 0.6 is 23.1 Å². The molecule has 3 aromatic rings. The molecule has 1 aromatic carbocycles. The highest BCUT2D eigenvalue weighted by molar-refractivity contribution is 7.99. The number of rotatable bonds is 5. The number of aryl methyl sites for hydroxylation is 3. The molecule has 0 bridgehead atoms. The molecule has 0 aliphatic carbocycles. The summed E-state index contributed by atoms with van der Waals surface area (Å²) < 4.78 is 3.88. The summed E-state index contributed by atoms with van der Waals surface area (Å²) in [5, 5.41) is 11.3. The van der Waals surface area contributed by atoms with Crippen molar-refractivity contribution >= 4 is 23.1 Å². The number of para-hydroxylation sites is 1. The molecule has 0 aliphatic rings. The van der Waals surface area contributed by atoms with Crippen molar-refractivity contribution in [1.82, 2.24) is 19.3 Å². The van der Waals surface area contributed by atoms with Crippen molar-refractivity contribution in [2.75, 3.05) is 5.75 Å². The van der Waals surface area contributed by atoms with Crippen molar-refractivity contribution in [3.05, 3.63) is 56.4 Å². The first kappa shape index (κ1) is 16.0. The number of hydrogen-bond acceptors (Lipinski definition) is 5. The van der Waals surface area contributed by atoms with Crippen LogP contribution in [-0.4, -0.2) is 25.1 Å². The fourth-order valence-corrected chi connectivity index (χ4v) is 4.11. The van der Waals surface area contributed by atoms with E-state index in [1.165, 1.54) is 16.9 Å². The first-order valence-electron chi connectivity index (χ1n) is 7.33. The lowest BCUT2D eigenvalue weighted by Crippen LogP contribution is -2.16. The molecule has 23 heavy (non-hydrogen) atoms. The van der Waals surface area contributed by atoms with Gasteiger partial charge >= 0.3 is 4.87 Å². The Morgan fingerprint density at radius 2 is 1.96 bits per heavy atom. The summed E-state index contributed by atoms with van der Waals surface area (Å²) in [5.74, 6) is 1.65. The number of nitrogens with zero attached hydrogens (tertiary/aromatic N) is 4. The highest BCUT2D eigenvalue weighted by Crippen LogP contribution is 2.24. The van der Waals surface area contributed by atoms with Gasteiger partial charge in [-0.3, -0.25) is 9.36 Å². The van der Waals surface area contributed by atoms with Crippen molar-refractivity contribution in [2.45, 2.75) is 32.5 Å². The molecule has 3 rings (SSSR count). The molecule has 2 heterocycles. The van der Waals surface area contributed by atoms with Crippen LogP contribution in [0, 0.1) is 20.8 Å². The van der Waals surface area contributed by atoms with Gasteiger partial charge in [-0.15, -0.1) is 10.2 Å². The predicted octanol–water partition coefficient (Wildman–Crippen LogP) is 3.21. The summed E-state index contributed by atoms with van der Waals surface area (Å²) in [4.78, 5) is 11.9. The molecule has 0 saturated carbocycles. The van der Waals surface area contributed by atoms with Gasteiger partial charge in [-0.25, -0.2) is 0 Å². The molecule has 0 amide bonds. The van der Waals surface area contributed by atoms with Gasteiger partial charge in [-0.2, -0.15) is 0 Å². The van der Waals surface area contributed by atoms with E-state index in [1.54, 1.807) is 16.3 Å². The molecule has 0 fully saturated rings. The van der Waals surface area contributed by atoms with Gasteiger partial charge in [0, 0.05) is 23.4 Å². The van der Waals surface area contributed by atoms with Crippen LogP contribution in [0.5, 0.6) is 0 Å². The van der Waals surface area contributed by atoms with Gasteiger partial charge in [0.1, 0.15) is 5.82 Å². The quantitative estimate of drug-likeness (QED) is 0.666. The van der Waals surface area contributed by atoms with Crippen LogP contribution in [0.3, 0.4) is 0 Å². The number of thioether (sulfide) groups is 1. The van der Waals surface area contributed by atoms with E-state index in [0.717, 1.165) is 28.1 Å². The smallest absolute Gasteiger partial charge is 0.303 e. The summed E-state index contributed by atoms with van der Waals surface area (Å²) >= 11 is 2.87. The second-order valence-electron chi connectivity index (χ2n) is 5.29. The van der Waals surface area contributed by atoms with Gasteiger partial charge in [0.15, 0.2) is 5.16 Å². The Kier molecular flexibility index (Phi) is 4.68. The van der Waals surface area contributed by atoms with Gasteiger partial charge in [-0.1, -0.05) is 41.3 Å². The van der Waals surface area contributed by atoms with Gasteiger partial charge in [0.05, 0.1) is 5.69 Å². The van der Waals surface area contributed by atoms with Crippen molar-refractivity contribution in [2.24, 2.45) is 0 Å². The largest absolute Gasteiger partial charge is 0.307 e. The van der Waals surface area contributed by atoms with Crippen LogP contribution in [0.15, 0.2) is 39.6 Å². The van der Waals surface area contributed by atoms with E-state index in [9.17, 15) is 4.79 Å². The third-order valence-corrected chi connectivity index (χ3v) is 5.46. The zero-order valence-electron chi connectivity index (χ0n) is 13.3. The van der Waals surface area contributed by atoms with Crippen LogP contribution in [-0.2, 0) is 6.54 Å². The third-order valence-electron chi connectivity index (χ3n) is 3.67. The van der Waals surface area contributed by atoms with Crippen molar-refractivity contribution < 1.29 is 0 Å². The van der Waals surface area contributed by atoms with Crippen LogP contribution in [0.2, 0.25) is 0 Å². The van der Waals surface area contributed by atoms with Gasteiger partial charge in [-0.05, 0) is 32.4 Å². The Bertz CT molecular complexity index is 878. The first-order chi connectivity index (χ1) is 11.1. The molecule has 5 nitrogen and oxygen atoms in total. The van der Waals surface area contributed by atoms with E-state index >= 15 is 0 Å². The maximum Gasteiger partial charge on any atom is 0.307 e. The van der Waals surface area contributed by atoms with Gasteiger partial charge < -0.3 is 4.57 Å². The van der Waals surface area contributed by atoms with E-state index in [0.29, 0.717) is 6.54 Å². The summed E-state index contributed by atoms with van der Waals surface area (Å²) in [6.07, 6.45) is 0. The van der Waals surface area contributed by atoms with Crippen LogP contribution in [0.25, 0.3) is 5.69 Å². The SMILES string of the molecule is Cc1ccccc1-n1c(C)nnc1SCCn1c(C)csc1=O. The number of hydrogen-bond donors (Lipinski definition) is 0. The molecular formula is C16H18N4OS2. The average molecular weight is 346 g/mol. The molecule has 0 spiro atoms. The number of benzene rings is 1. The molecule has 0 aliphatic heterocycles. The molecule has 120 valence electrons. The second-order valence-corrected chi connectivity index (χ2v) is 7.18. The van der Waals surface area contributed by atoms with E-state index in [2.05, 4.69) is 33.8 Å². The maximum absolute atomic E-state index is 11.8.